The maximum Gasteiger partial charge on any atom is 0.269 e. The average molecular weight is 231 g/mol. The second-order valence-corrected chi connectivity index (χ2v) is 3.58. The SMILES string of the molecule is O=C(N[C@H](CO)c1ccccc1)c1cnc[nH]1. The van der Waals surface area contributed by atoms with Gasteiger partial charge in [0.2, 0.25) is 0 Å². The van der Waals surface area contributed by atoms with E-state index in [0.29, 0.717) is 5.69 Å². The van der Waals surface area contributed by atoms with Gasteiger partial charge in [0.05, 0.1) is 25.2 Å². The Bertz CT molecular complexity index is 468. The fourth-order valence-electron chi connectivity index (χ4n) is 1.54. The monoisotopic (exact) mass is 231 g/mol. The molecule has 0 saturated heterocycles. The first kappa shape index (κ1) is 11.3. The number of benzene rings is 1. The van der Waals surface area contributed by atoms with Gasteiger partial charge in [0, 0.05) is 0 Å². The van der Waals surface area contributed by atoms with Crippen LogP contribution in [0.25, 0.3) is 0 Å². The molecule has 0 bridgehead atoms. The van der Waals surface area contributed by atoms with Gasteiger partial charge in [-0.25, -0.2) is 4.98 Å². The Labute approximate surface area is 98.5 Å². The fourth-order valence-corrected chi connectivity index (χ4v) is 1.54. The van der Waals surface area contributed by atoms with Gasteiger partial charge in [0.1, 0.15) is 5.69 Å². The molecule has 0 radical (unpaired) electrons. The van der Waals surface area contributed by atoms with Crippen molar-refractivity contribution in [3.8, 4) is 0 Å². The highest BCUT2D eigenvalue weighted by molar-refractivity contribution is 5.92. The van der Waals surface area contributed by atoms with E-state index in [4.69, 9.17) is 0 Å². The van der Waals surface area contributed by atoms with Crippen molar-refractivity contribution in [3.05, 3.63) is 54.1 Å². The highest BCUT2D eigenvalue weighted by Gasteiger charge is 2.15. The summed E-state index contributed by atoms with van der Waals surface area (Å²) in [7, 11) is 0. The van der Waals surface area contributed by atoms with Crippen LogP contribution in [0, 0.1) is 0 Å². The minimum atomic E-state index is -0.410. The number of aromatic amines is 1. The number of carbonyl (C=O) groups is 1. The molecule has 3 N–H and O–H groups in total. The number of nitrogens with one attached hydrogen (secondary N) is 2. The molecule has 0 saturated carbocycles. The number of rotatable bonds is 4. The number of nitrogens with zero attached hydrogens (tertiary/aromatic N) is 1. The Hall–Kier alpha value is -2.14. The van der Waals surface area contributed by atoms with E-state index in [-0.39, 0.29) is 12.5 Å². The zero-order valence-electron chi connectivity index (χ0n) is 9.13. The highest BCUT2D eigenvalue weighted by Crippen LogP contribution is 2.12. The van der Waals surface area contributed by atoms with E-state index in [1.54, 1.807) is 0 Å². The van der Waals surface area contributed by atoms with Crippen LogP contribution in [0.4, 0.5) is 0 Å². The number of amides is 1. The molecule has 1 aromatic heterocycles. The third kappa shape index (κ3) is 2.70. The molecular formula is C12H13N3O2. The molecule has 88 valence electrons. The summed E-state index contributed by atoms with van der Waals surface area (Å²) in [4.78, 5) is 18.2. The normalized spacial score (nSPS) is 12.1. The molecule has 0 fully saturated rings. The van der Waals surface area contributed by atoms with Crippen LogP contribution >= 0.6 is 0 Å². The van der Waals surface area contributed by atoms with Gasteiger partial charge in [-0.2, -0.15) is 0 Å². The van der Waals surface area contributed by atoms with Gasteiger partial charge in [-0.1, -0.05) is 30.3 Å². The summed E-state index contributed by atoms with van der Waals surface area (Å²) in [6.07, 6.45) is 2.88. The summed E-state index contributed by atoms with van der Waals surface area (Å²) in [5.41, 5.74) is 1.24. The lowest BCUT2D eigenvalue weighted by molar-refractivity contribution is 0.0911. The molecule has 1 aromatic carbocycles. The van der Waals surface area contributed by atoms with Crippen LogP contribution in [0.2, 0.25) is 0 Å². The van der Waals surface area contributed by atoms with Crippen molar-refractivity contribution < 1.29 is 9.90 Å². The topological polar surface area (TPSA) is 78.0 Å². The molecule has 0 aliphatic heterocycles. The Kier molecular flexibility index (Phi) is 3.52. The standard InChI is InChI=1S/C12H13N3O2/c16-7-11(9-4-2-1-3-5-9)15-12(17)10-6-13-8-14-10/h1-6,8,11,16H,7H2,(H,13,14)(H,15,17)/t11-/m1/s1. The van der Waals surface area contributed by atoms with Crippen LogP contribution in [0.15, 0.2) is 42.9 Å². The molecule has 17 heavy (non-hydrogen) atoms. The average Bonchev–Trinajstić information content (AvgIpc) is 2.90. The van der Waals surface area contributed by atoms with Gasteiger partial charge in [0.15, 0.2) is 0 Å². The van der Waals surface area contributed by atoms with Crippen molar-refractivity contribution in [1.29, 1.82) is 0 Å². The molecule has 0 aliphatic rings. The Morgan fingerprint density at radius 2 is 2.18 bits per heavy atom. The molecule has 2 rings (SSSR count). The van der Waals surface area contributed by atoms with Gasteiger partial charge in [0.25, 0.3) is 5.91 Å². The van der Waals surface area contributed by atoms with Crippen molar-refractivity contribution in [2.24, 2.45) is 0 Å². The maximum atomic E-state index is 11.8. The number of carbonyl (C=O) groups excluding carboxylic acids is 1. The quantitative estimate of drug-likeness (QED) is 0.730. The zero-order chi connectivity index (χ0) is 12.1. The summed E-state index contributed by atoms with van der Waals surface area (Å²) in [6, 6.07) is 8.91. The van der Waals surface area contributed by atoms with Crippen molar-refractivity contribution in [2.45, 2.75) is 6.04 Å². The summed E-state index contributed by atoms with van der Waals surface area (Å²) >= 11 is 0. The molecule has 0 unspecified atom stereocenters. The van der Waals surface area contributed by atoms with Gasteiger partial charge in [-0.05, 0) is 5.56 Å². The predicted molar refractivity (Wildman–Crippen MR) is 62.3 cm³/mol. The second kappa shape index (κ2) is 5.27. The summed E-state index contributed by atoms with van der Waals surface area (Å²) in [5.74, 6) is -0.287. The third-order valence-corrected chi connectivity index (χ3v) is 2.43. The smallest absolute Gasteiger partial charge is 0.269 e. The molecular weight excluding hydrogens is 218 g/mol. The minimum absolute atomic E-state index is 0.149. The van der Waals surface area contributed by atoms with Crippen LogP contribution in [-0.4, -0.2) is 27.6 Å². The van der Waals surface area contributed by atoms with Crippen molar-refractivity contribution in [2.75, 3.05) is 6.61 Å². The molecule has 2 aromatic rings. The predicted octanol–water partition coefficient (Wildman–Crippen LogP) is 0.873. The lowest BCUT2D eigenvalue weighted by Gasteiger charge is -2.15. The third-order valence-electron chi connectivity index (χ3n) is 2.43. The van der Waals surface area contributed by atoms with Crippen LogP contribution < -0.4 is 5.32 Å². The Morgan fingerprint density at radius 3 is 2.76 bits per heavy atom. The summed E-state index contributed by atoms with van der Waals surface area (Å²) in [6.45, 7) is -0.149. The lowest BCUT2D eigenvalue weighted by atomic mass is 10.1. The highest BCUT2D eigenvalue weighted by atomic mass is 16.3. The van der Waals surface area contributed by atoms with Gasteiger partial charge in [-0.15, -0.1) is 0 Å². The number of H-pyrrole nitrogens is 1. The van der Waals surface area contributed by atoms with Crippen LogP contribution in [0.3, 0.4) is 0 Å². The van der Waals surface area contributed by atoms with Crippen molar-refractivity contribution in [1.82, 2.24) is 15.3 Å². The van der Waals surface area contributed by atoms with Gasteiger partial charge >= 0.3 is 0 Å². The number of imidazole rings is 1. The first-order chi connectivity index (χ1) is 8.31. The lowest BCUT2D eigenvalue weighted by Crippen LogP contribution is -2.30. The van der Waals surface area contributed by atoms with Crippen molar-refractivity contribution in [3.63, 3.8) is 0 Å². The van der Waals surface area contributed by atoms with E-state index in [2.05, 4.69) is 15.3 Å². The Morgan fingerprint density at radius 1 is 1.41 bits per heavy atom. The van der Waals surface area contributed by atoms with Crippen molar-refractivity contribution >= 4 is 5.91 Å². The second-order valence-electron chi connectivity index (χ2n) is 3.58. The molecule has 1 heterocycles. The van der Waals surface area contributed by atoms with Crippen LogP contribution in [-0.2, 0) is 0 Å². The minimum Gasteiger partial charge on any atom is -0.394 e. The van der Waals surface area contributed by atoms with E-state index in [9.17, 15) is 9.90 Å². The Balaban J connectivity index is 2.09. The van der Waals surface area contributed by atoms with E-state index in [1.807, 2.05) is 30.3 Å². The largest absolute Gasteiger partial charge is 0.394 e. The first-order valence-corrected chi connectivity index (χ1v) is 5.26. The zero-order valence-corrected chi connectivity index (χ0v) is 9.13. The summed E-state index contributed by atoms with van der Waals surface area (Å²) < 4.78 is 0. The fraction of sp³-hybridized carbons (Fsp3) is 0.167. The number of hydrogen-bond acceptors (Lipinski definition) is 3. The van der Waals surface area contributed by atoms with Crippen LogP contribution in [0.5, 0.6) is 0 Å². The molecule has 5 nitrogen and oxygen atoms in total. The van der Waals surface area contributed by atoms with Gasteiger partial charge < -0.3 is 15.4 Å². The van der Waals surface area contributed by atoms with E-state index in [0.717, 1.165) is 5.56 Å². The van der Waals surface area contributed by atoms with E-state index < -0.39 is 6.04 Å². The molecule has 1 atom stereocenters. The maximum absolute atomic E-state index is 11.8. The number of hydrogen-bond donors (Lipinski definition) is 3. The van der Waals surface area contributed by atoms with E-state index >= 15 is 0 Å². The summed E-state index contributed by atoms with van der Waals surface area (Å²) in [5, 5.41) is 12.0. The molecule has 5 heteroatoms. The number of aliphatic hydroxyl groups is 1. The number of aliphatic hydroxyl groups excluding tert-OH is 1. The number of aromatic nitrogens is 2. The molecule has 0 aliphatic carbocycles. The first-order valence-electron chi connectivity index (χ1n) is 5.26. The van der Waals surface area contributed by atoms with Gasteiger partial charge in [-0.3, -0.25) is 4.79 Å². The van der Waals surface area contributed by atoms with Crippen LogP contribution in [0.1, 0.15) is 22.1 Å². The van der Waals surface area contributed by atoms with E-state index in [1.165, 1.54) is 12.5 Å². The molecule has 1 amide bonds. The molecule has 0 spiro atoms.